The van der Waals surface area contributed by atoms with Gasteiger partial charge in [0, 0.05) is 29.4 Å². The van der Waals surface area contributed by atoms with E-state index in [1.165, 1.54) is 9.75 Å². The molecule has 1 aromatic rings. The Bertz CT molecular complexity index is 355. The number of rotatable bonds is 8. The third-order valence-electron chi connectivity index (χ3n) is 2.81. The van der Waals surface area contributed by atoms with Gasteiger partial charge >= 0.3 is 0 Å². The molecule has 0 amide bonds. The number of ether oxygens (including phenoxy) is 1. The van der Waals surface area contributed by atoms with Crippen LogP contribution in [-0.2, 0) is 16.7 Å². The molecule has 0 radical (unpaired) electrons. The van der Waals surface area contributed by atoms with Crippen LogP contribution in [0.25, 0.3) is 0 Å². The molecule has 4 heteroatoms. The summed E-state index contributed by atoms with van der Waals surface area (Å²) in [5.41, 5.74) is 0.262. The van der Waals surface area contributed by atoms with Gasteiger partial charge in [-0.25, -0.2) is 0 Å². The smallest absolute Gasteiger partial charge is 0.0593 e. The van der Waals surface area contributed by atoms with Gasteiger partial charge in [-0.3, -0.25) is 0 Å². The van der Waals surface area contributed by atoms with Gasteiger partial charge in [-0.05, 0) is 31.6 Å². The summed E-state index contributed by atoms with van der Waals surface area (Å²) in [6, 6.07) is 4.47. The number of thiophene rings is 1. The molecule has 0 bridgehead atoms. The fourth-order valence-electron chi connectivity index (χ4n) is 1.58. The summed E-state index contributed by atoms with van der Waals surface area (Å²) in [6.07, 6.45) is 0. The highest BCUT2D eigenvalue weighted by Gasteiger charge is 2.15. The van der Waals surface area contributed by atoms with Crippen molar-refractivity contribution in [2.45, 2.75) is 32.7 Å². The van der Waals surface area contributed by atoms with Crippen LogP contribution in [0.2, 0.25) is 0 Å². The van der Waals surface area contributed by atoms with Crippen molar-refractivity contribution in [1.29, 1.82) is 0 Å². The Morgan fingerprint density at radius 3 is 2.53 bits per heavy atom. The maximum Gasteiger partial charge on any atom is 0.0593 e. The summed E-state index contributed by atoms with van der Waals surface area (Å²) in [7, 11) is 4.12. The molecule has 1 rings (SSSR count). The lowest BCUT2D eigenvalue weighted by molar-refractivity contribution is 0.119. The minimum Gasteiger partial charge on any atom is -0.379 e. The monoisotopic (exact) mass is 284 g/mol. The minimum atomic E-state index is 0.262. The van der Waals surface area contributed by atoms with Crippen molar-refractivity contribution in [1.82, 2.24) is 10.2 Å². The Hall–Kier alpha value is -0.420. The van der Waals surface area contributed by atoms with Gasteiger partial charge in [-0.15, -0.1) is 11.3 Å². The second kappa shape index (κ2) is 8.00. The van der Waals surface area contributed by atoms with E-state index in [4.69, 9.17) is 4.74 Å². The summed E-state index contributed by atoms with van der Waals surface area (Å²) in [6.45, 7) is 11.2. The first-order chi connectivity index (χ1) is 8.89. The highest BCUT2D eigenvalue weighted by Crippen LogP contribution is 2.29. The predicted octanol–water partition coefficient (Wildman–Crippen LogP) is 2.71. The van der Waals surface area contributed by atoms with Gasteiger partial charge < -0.3 is 15.0 Å². The lowest BCUT2D eigenvalue weighted by atomic mass is 9.95. The molecular formula is C15H28N2OS. The molecule has 0 atom stereocenters. The highest BCUT2D eigenvalue weighted by atomic mass is 32.1. The number of likely N-dealkylation sites (N-methyl/N-ethyl adjacent to an activating group) is 1. The van der Waals surface area contributed by atoms with Gasteiger partial charge in [-0.1, -0.05) is 20.8 Å². The maximum atomic E-state index is 5.54. The average Bonchev–Trinajstić information content (AvgIpc) is 2.75. The summed E-state index contributed by atoms with van der Waals surface area (Å²) >= 11 is 1.90. The van der Waals surface area contributed by atoms with Crippen LogP contribution in [0.15, 0.2) is 12.1 Å². The number of hydrogen-bond donors (Lipinski definition) is 1. The van der Waals surface area contributed by atoms with Crippen LogP contribution < -0.4 is 5.32 Å². The molecule has 3 nitrogen and oxygen atoms in total. The van der Waals surface area contributed by atoms with E-state index in [0.717, 1.165) is 32.8 Å². The topological polar surface area (TPSA) is 24.5 Å². The standard InChI is InChI=1S/C15H28N2OS/c1-15(2,3)14-7-6-13(19-14)12-16-8-10-18-11-9-17(4)5/h6-7,16H,8-12H2,1-5H3. The highest BCUT2D eigenvalue weighted by molar-refractivity contribution is 7.12. The molecule has 0 aliphatic rings. The van der Waals surface area contributed by atoms with Crippen molar-refractivity contribution in [3.63, 3.8) is 0 Å². The van der Waals surface area contributed by atoms with Crippen molar-refractivity contribution < 1.29 is 4.74 Å². The molecule has 1 aromatic heterocycles. The van der Waals surface area contributed by atoms with E-state index in [1.807, 2.05) is 11.3 Å². The maximum absolute atomic E-state index is 5.54. The van der Waals surface area contributed by atoms with E-state index >= 15 is 0 Å². The summed E-state index contributed by atoms with van der Waals surface area (Å²) in [5, 5.41) is 3.43. The summed E-state index contributed by atoms with van der Waals surface area (Å²) < 4.78 is 5.54. The zero-order valence-corrected chi connectivity index (χ0v) is 13.8. The van der Waals surface area contributed by atoms with Crippen molar-refractivity contribution in [3.05, 3.63) is 21.9 Å². The van der Waals surface area contributed by atoms with Crippen LogP contribution in [0.4, 0.5) is 0 Å². The van der Waals surface area contributed by atoms with Crippen molar-refractivity contribution in [2.24, 2.45) is 0 Å². The van der Waals surface area contributed by atoms with Crippen LogP contribution in [0.1, 0.15) is 30.5 Å². The van der Waals surface area contributed by atoms with Crippen molar-refractivity contribution >= 4 is 11.3 Å². The second-order valence-electron chi connectivity index (χ2n) is 6.11. The minimum absolute atomic E-state index is 0.262. The van der Waals surface area contributed by atoms with E-state index < -0.39 is 0 Å². The second-order valence-corrected chi connectivity index (χ2v) is 7.28. The predicted molar refractivity (Wildman–Crippen MR) is 84.1 cm³/mol. The van der Waals surface area contributed by atoms with Crippen LogP contribution in [0.3, 0.4) is 0 Å². The first kappa shape index (κ1) is 16.6. The Morgan fingerprint density at radius 2 is 1.95 bits per heavy atom. The third-order valence-corrected chi connectivity index (χ3v) is 4.32. The van der Waals surface area contributed by atoms with Gasteiger partial charge in [0.2, 0.25) is 0 Å². The van der Waals surface area contributed by atoms with E-state index in [1.54, 1.807) is 0 Å². The van der Waals surface area contributed by atoms with Gasteiger partial charge in [0.15, 0.2) is 0 Å². The van der Waals surface area contributed by atoms with E-state index in [2.05, 4.69) is 57.2 Å². The molecule has 110 valence electrons. The Labute approximate surface area is 122 Å². The SMILES string of the molecule is CN(C)CCOCCNCc1ccc(C(C)(C)C)s1. The fourth-order valence-corrected chi connectivity index (χ4v) is 2.62. The molecular weight excluding hydrogens is 256 g/mol. The first-order valence-electron chi connectivity index (χ1n) is 6.92. The molecule has 0 saturated carbocycles. The van der Waals surface area contributed by atoms with Crippen LogP contribution >= 0.6 is 11.3 Å². The molecule has 0 aliphatic carbocycles. The van der Waals surface area contributed by atoms with Gasteiger partial charge in [-0.2, -0.15) is 0 Å². The van der Waals surface area contributed by atoms with Gasteiger partial charge in [0.1, 0.15) is 0 Å². The number of nitrogens with one attached hydrogen (secondary N) is 1. The number of hydrogen-bond acceptors (Lipinski definition) is 4. The lowest BCUT2D eigenvalue weighted by Crippen LogP contribution is -2.22. The third kappa shape index (κ3) is 7.06. The van der Waals surface area contributed by atoms with Crippen molar-refractivity contribution in [2.75, 3.05) is 40.4 Å². The first-order valence-corrected chi connectivity index (χ1v) is 7.73. The molecule has 0 unspecified atom stereocenters. The summed E-state index contributed by atoms with van der Waals surface area (Å²) in [5.74, 6) is 0. The Balaban J connectivity index is 2.11. The molecule has 19 heavy (non-hydrogen) atoms. The van der Waals surface area contributed by atoms with E-state index in [-0.39, 0.29) is 5.41 Å². The van der Waals surface area contributed by atoms with Crippen LogP contribution in [0, 0.1) is 0 Å². The number of nitrogens with zero attached hydrogens (tertiary/aromatic N) is 1. The zero-order valence-electron chi connectivity index (χ0n) is 13.0. The Morgan fingerprint density at radius 1 is 1.21 bits per heavy atom. The molecule has 1 N–H and O–H groups in total. The quantitative estimate of drug-likeness (QED) is 0.743. The zero-order chi connectivity index (χ0) is 14.3. The lowest BCUT2D eigenvalue weighted by Gasteiger charge is -2.15. The van der Waals surface area contributed by atoms with E-state index in [0.29, 0.717) is 0 Å². The largest absolute Gasteiger partial charge is 0.379 e. The molecule has 0 aliphatic heterocycles. The summed E-state index contributed by atoms with van der Waals surface area (Å²) in [4.78, 5) is 4.98. The average molecular weight is 284 g/mol. The molecule has 1 heterocycles. The molecule has 0 fully saturated rings. The van der Waals surface area contributed by atoms with Crippen molar-refractivity contribution in [3.8, 4) is 0 Å². The van der Waals surface area contributed by atoms with Crippen LogP contribution in [0.5, 0.6) is 0 Å². The van der Waals surface area contributed by atoms with Crippen LogP contribution in [-0.4, -0.2) is 45.3 Å². The molecule has 0 saturated heterocycles. The molecule has 0 aromatic carbocycles. The van der Waals surface area contributed by atoms with E-state index in [9.17, 15) is 0 Å². The normalized spacial score (nSPS) is 12.3. The van der Waals surface area contributed by atoms with Gasteiger partial charge in [0.25, 0.3) is 0 Å². The molecule has 0 spiro atoms. The Kier molecular flexibility index (Phi) is 7.00. The van der Waals surface area contributed by atoms with Gasteiger partial charge in [0.05, 0.1) is 13.2 Å². The fraction of sp³-hybridized carbons (Fsp3) is 0.733.